The van der Waals surface area contributed by atoms with Crippen molar-refractivity contribution >= 4 is 46.1 Å². The summed E-state index contributed by atoms with van der Waals surface area (Å²) in [5, 5.41) is 0.450. The van der Waals surface area contributed by atoms with Crippen molar-refractivity contribution < 1.29 is 14.3 Å². The number of fused-ring (bicyclic) bond motifs is 1. The average molecular weight is 308 g/mol. The molecule has 5 heteroatoms. The van der Waals surface area contributed by atoms with Crippen LogP contribution >= 0.6 is 34.2 Å². The summed E-state index contributed by atoms with van der Waals surface area (Å²) in [7, 11) is 0. The Hall–Kier alpha value is -0.620. The Bertz CT molecular complexity index is 428. The van der Waals surface area contributed by atoms with Crippen molar-refractivity contribution in [2.45, 2.75) is 0 Å². The first-order valence-corrected chi connectivity index (χ1v) is 4.81. The van der Waals surface area contributed by atoms with Crippen LogP contribution in [0.2, 0.25) is 5.02 Å². The van der Waals surface area contributed by atoms with E-state index in [2.05, 4.69) is 4.74 Å². The van der Waals surface area contributed by atoms with Crippen LogP contribution < -0.4 is 0 Å². The third-order valence-corrected chi connectivity index (χ3v) is 3.46. The van der Waals surface area contributed by atoms with E-state index in [1.165, 1.54) is 6.07 Å². The van der Waals surface area contributed by atoms with Crippen LogP contribution in [0.15, 0.2) is 12.1 Å². The minimum absolute atomic E-state index is 0.276. The van der Waals surface area contributed by atoms with Gasteiger partial charge in [0, 0.05) is 3.57 Å². The summed E-state index contributed by atoms with van der Waals surface area (Å²) in [4.78, 5) is 22.2. The number of benzene rings is 1. The fourth-order valence-electron chi connectivity index (χ4n) is 1.11. The monoisotopic (exact) mass is 308 g/mol. The van der Waals surface area contributed by atoms with Gasteiger partial charge in [-0.15, -0.1) is 0 Å². The number of carbonyl (C=O) groups excluding carboxylic acids is 2. The minimum atomic E-state index is -0.619. The van der Waals surface area contributed by atoms with Crippen LogP contribution in [0.4, 0.5) is 0 Å². The summed E-state index contributed by atoms with van der Waals surface area (Å²) in [6.45, 7) is 0. The average Bonchev–Trinajstić information content (AvgIpc) is 2.35. The van der Waals surface area contributed by atoms with Gasteiger partial charge in [-0.2, -0.15) is 0 Å². The molecule has 0 aromatic heterocycles. The molecule has 0 spiro atoms. The lowest BCUT2D eigenvalue weighted by molar-refractivity contribution is 0.0443. The van der Waals surface area contributed by atoms with Crippen LogP contribution in [0.1, 0.15) is 20.7 Å². The molecule has 0 amide bonds. The maximum absolute atomic E-state index is 11.1. The van der Waals surface area contributed by atoms with Gasteiger partial charge < -0.3 is 4.74 Å². The minimum Gasteiger partial charge on any atom is -0.386 e. The van der Waals surface area contributed by atoms with E-state index in [0.29, 0.717) is 14.2 Å². The molecule has 0 radical (unpaired) electrons. The zero-order valence-corrected chi connectivity index (χ0v) is 9.05. The van der Waals surface area contributed by atoms with E-state index in [4.69, 9.17) is 11.6 Å². The van der Waals surface area contributed by atoms with Crippen LogP contribution in [0.3, 0.4) is 0 Å². The van der Waals surface area contributed by atoms with Crippen LogP contribution in [0.5, 0.6) is 0 Å². The molecule has 1 heterocycles. The van der Waals surface area contributed by atoms with E-state index in [1.54, 1.807) is 6.07 Å². The fraction of sp³-hybridized carbons (Fsp3) is 0. The molecular formula is C8H2ClIO3. The van der Waals surface area contributed by atoms with Crippen LogP contribution in [-0.4, -0.2) is 11.9 Å². The van der Waals surface area contributed by atoms with Gasteiger partial charge in [0.15, 0.2) is 0 Å². The third-order valence-electron chi connectivity index (χ3n) is 1.70. The molecule has 0 N–H and O–H groups in total. The Morgan fingerprint density at radius 1 is 1.23 bits per heavy atom. The SMILES string of the molecule is O=C1OC(=O)c2c1ccc(Cl)c2I. The molecule has 0 bridgehead atoms. The highest BCUT2D eigenvalue weighted by atomic mass is 127. The molecule has 1 aromatic rings. The highest BCUT2D eigenvalue weighted by molar-refractivity contribution is 14.1. The number of carbonyl (C=O) groups is 2. The van der Waals surface area contributed by atoms with Gasteiger partial charge in [-0.25, -0.2) is 9.59 Å². The molecule has 0 aliphatic carbocycles. The Kier molecular flexibility index (Phi) is 2.03. The van der Waals surface area contributed by atoms with Crippen molar-refractivity contribution in [1.82, 2.24) is 0 Å². The number of cyclic esters (lactones) is 2. The topological polar surface area (TPSA) is 43.4 Å². The number of ether oxygens (including phenoxy) is 1. The van der Waals surface area contributed by atoms with Crippen LogP contribution in [0.25, 0.3) is 0 Å². The van der Waals surface area contributed by atoms with Gasteiger partial charge in [-0.1, -0.05) is 11.6 Å². The Labute approximate surface area is 92.2 Å². The second kappa shape index (κ2) is 2.95. The van der Waals surface area contributed by atoms with Crippen molar-refractivity contribution in [2.24, 2.45) is 0 Å². The number of halogens is 2. The molecule has 0 saturated heterocycles. The van der Waals surface area contributed by atoms with Crippen LogP contribution in [-0.2, 0) is 4.74 Å². The summed E-state index contributed by atoms with van der Waals surface area (Å²) in [6, 6.07) is 3.06. The molecule has 0 unspecified atom stereocenters. The first-order valence-electron chi connectivity index (χ1n) is 3.36. The molecule has 0 atom stereocenters. The second-order valence-electron chi connectivity index (χ2n) is 2.46. The maximum atomic E-state index is 11.1. The number of hydrogen-bond donors (Lipinski definition) is 0. The third kappa shape index (κ3) is 1.24. The largest absolute Gasteiger partial charge is 0.386 e. The molecule has 1 aromatic carbocycles. The van der Waals surface area contributed by atoms with E-state index in [0.717, 1.165) is 0 Å². The quantitative estimate of drug-likeness (QED) is 0.419. The molecule has 3 nitrogen and oxygen atoms in total. The fourth-order valence-corrected chi connectivity index (χ4v) is 1.96. The lowest BCUT2D eigenvalue weighted by Gasteiger charge is -1.97. The van der Waals surface area contributed by atoms with Gasteiger partial charge >= 0.3 is 11.9 Å². The second-order valence-corrected chi connectivity index (χ2v) is 3.95. The van der Waals surface area contributed by atoms with E-state index < -0.39 is 11.9 Å². The normalized spacial score (nSPS) is 14.3. The molecule has 13 heavy (non-hydrogen) atoms. The molecular weight excluding hydrogens is 306 g/mol. The zero-order chi connectivity index (χ0) is 9.59. The van der Waals surface area contributed by atoms with Crippen molar-refractivity contribution in [1.29, 1.82) is 0 Å². The number of esters is 2. The Morgan fingerprint density at radius 3 is 2.62 bits per heavy atom. The smallest absolute Gasteiger partial charge is 0.348 e. The predicted molar refractivity (Wildman–Crippen MR) is 53.9 cm³/mol. The summed E-state index contributed by atoms with van der Waals surface area (Å²) in [6.07, 6.45) is 0. The molecule has 66 valence electrons. The summed E-state index contributed by atoms with van der Waals surface area (Å²) < 4.78 is 4.99. The van der Waals surface area contributed by atoms with Gasteiger partial charge in [0.25, 0.3) is 0 Å². The lowest BCUT2D eigenvalue weighted by atomic mass is 10.1. The standard InChI is InChI=1S/C8H2ClIO3/c9-4-2-1-3-5(6(4)10)8(12)13-7(3)11/h1-2H. The van der Waals surface area contributed by atoms with E-state index in [-0.39, 0.29) is 5.56 Å². The molecule has 0 fully saturated rings. The van der Waals surface area contributed by atoms with E-state index in [9.17, 15) is 9.59 Å². The first-order chi connectivity index (χ1) is 6.11. The number of rotatable bonds is 0. The van der Waals surface area contributed by atoms with Gasteiger partial charge in [-0.05, 0) is 34.7 Å². The van der Waals surface area contributed by atoms with Crippen molar-refractivity contribution in [3.05, 3.63) is 31.9 Å². The molecule has 2 rings (SSSR count). The van der Waals surface area contributed by atoms with E-state index in [1.807, 2.05) is 22.6 Å². The first kappa shape index (κ1) is 8.96. The van der Waals surface area contributed by atoms with Crippen molar-refractivity contribution in [3.8, 4) is 0 Å². The summed E-state index contributed by atoms with van der Waals surface area (Å²) >= 11 is 7.69. The Morgan fingerprint density at radius 2 is 1.92 bits per heavy atom. The van der Waals surface area contributed by atoms with Gasteiger partial charge in [0.1, 0.15) is 0 Å². The predicted octanol–water partition coefficient (Wildman–Crippen LogP) is 2.26. The van der Waals surface area contributed by atoms with E-state index >= 15 is 0 Å². The highest BCUT2D eigenvalue weighted by Gasteiger charge is 2.32. The molecule has 0 saturated carbocycles. The van der Waals surface area contributed by atoms with Crippen molar-refractivity contribution in [3.63, 3.8) is 0 Å². The number of hydrogen-bond acceptors (Lipinski definition) is 3. The zero-order valence-electron chi connectivity index (χ0n) is 6.14. The van der Waals surface area contributed by atoms with Gasteiger partial charge in [0.2, 0.25) is 0 Å². The highest BCUT2D eigenvalue weighted by Crippen LogP contribution is 2.30. The van der Waals surface area contributed by atoms with Gasteiger partial charge in [-0.3, -0.25) is 0 Å². The molecule has 1 aliphatic rings. The summed E-state index contributed by atoms with van der Waals surface area (Å²) in [5.74, 6) is -1.22. The molecule has 1 aliphatic heterocycles. The Balaban J connectivity index is 2.78. The van der Waals surface area contributed by atoms with Crippen LogP contribution in [0, 0.1) is 3.57 Å². The van der Waals surface area contributed by atoms with Crippen molar-refractivity contribution in [2.75, 3.05) is 0 Å². The maximum Gasteiger partial charge on any atom is 0.348 e. The van der Waals surface area contributed by atoms with Gasteiger partial charge in [0.05, 0.1) is 16.1 Å². The summed E-state index contributed by atoms with van der Waals surface area (Å²) in [5.41, 5.74) is 0.567. The lowest BCUT2D eigenvalue weighted by Crippen LogP contribution is -1.98.